The summed E-state index contributed by atoms with van der Waals surface area (Å²) in [4.78, 5) is 11.0. The zero-order valence-electron chi connectivity index (χ0n) is 7.72. The van der Waals surface area contributed by atoms with Crippen molar-refractivity contribution in [2.45, 2.75) is 18.8 Å². The van der Waals surface area contributed by atoms with E-state index >= 15 is 0 Å². The Hall–Kier alpha value is -1.02. The molecule has 1 unspecified atom stereocenters. The molecule has 0 aromatic heterocycles. The minimum absolute atomic E-state index is 0. The van der Waals surface area contributed by atoms with Crippen LogP contribution in [0.3, 0.4) is 0 Å². The SMILES string of the molecule is Cl.O=C(O)C(c1ccccc1)C1CC1. The number of carbonyl (C=O) groups is 1. The summed E-state index contributed by atoms with van der Waals surface area (Å²) in [5.41, 5.74) is 0.942. The van der Waals surface area contributed by atoms with E-state index in [1.54, 1.807) is 0 Å². The number of halogens is 1. The molecule has 2 rings (SSSR count). The molecule has 0 heterocycles. The summed E-state index contributed by atoms with van der Waals surface area (Å²) in [5, 5.41) is 9.04. The second-order valence-corrected chi connectivity index (χ2v) is 3.56. The maximum atomic E-state index is 11.0. The maximum absolute atomic E-state index is 11.0. The Morgan fingerprint density at radius 1 is 1.29 bits per heavy atom. The van der Waals surface area contributed by atoms with Crippen LogP contribution in [-0.4, -0.2) is 11.1 Å². The van der Waals surface area contributed by atoms with Crippen LogP contribution in [-0.2, 0) is 4.79 Å². The maximum Gasteiger partial charge on any atom is 0.311 e. The topological polar surface area (TPSA) is 37.3 Å². The average molecular weight is 213 g/mol. The Labute approximate surface area is 89.4 Å². The zero-order valence-corrected chi connectivity index (χ0v) is 8.54. The minimum atomic E-state index is -0.686. The fourth-order valence-corrected chi connectivity index (χ4v) is 1.71. The van der Waals surface area contributed by atoms with Gasteiger partial charge in [0.25, 0.3) is 0 Å². The second kappa shape index (κ2) is 4.47. The van der Waals surface area contributed by atoms with Crippen molar-refractivity contribution in [2.24, 2.45) is 5.92 Å². The van der Waals surface area contributed by atoms with Crippen molar-refractivity contribution < 1.29 is 9.90 Å². The molecule has 76 valence electrons. The van der Waals surface area contributed by atoms with Crippen molar-refractivity contribution in [3.63, 3.8) is 0 Å². The lowest BCUT2D eigenvalue weighted by Gasteiger charge is -2.10. The Bertz CT molecular complexity index is 306. The van der Waals surface area contributed by atoms with E-state index < -0.39 is 5.97 Å². The summed E-state index contributed by atoms with van der Waals surface area (Å²) in [5.74, 6) is -0.588. The molecule has 1 aliphatic rings. The molecule has 1 fully saturated rings. The van der Waals surface area contributed by atoms with Crippen LogP contribution < -0.4 is 0 Å². The van der Waals surface area contributed by atoms with Crippen LogP contribution >= 0.6 is 12.4 Å². The minimum Gasteiger partial charge on any atom is -0.481 e. The largest absolute Gasteiger partial charge is 0.481 e. The lowest BCUT2D eigenvalue weighted by atomic mass is 9.94. The number of aliphatic carboxylic acids is 1. The Balaban J connectivity index is 0.000000980. The molecule has 0 saturated heterocycles. The molecule has 1 aromatic carbocycles. The molecular weight excluding hydrogens is 200 g/mol. The Kier molecular flexibility index (Phi) is 3.53. The van der Waals surface area contributed by atoms with E-state index in [0.29, 0.717) is 5.92 Å². The molecule has 1 aromatic rings. The summed E-state index contributed by atoms with van der Waals surface area (Å²) < 4.78 is 0. The number of carboxylic acid groups (broad SMARTS) is 1. The van der Waals surface area contributed by atoms with Gasteiger partial charge in [-0.1, -0.05) is 30.3 Å². The van der Waals surface area contributed by atoms with Crippen molar-refractivity contribution in [2.75, 3.05) is 0 Å². The van der Waals surface area contributed by atoms with Gasteiger partial charge >= 0.3 is 5.97 Å². The van der Waals surface area contributed by atoms with Gasteiger partial charge < -0.3 is 5.11 Å². The normalized spacial score (nSPS) is 16.9. The summed E-state index contributed by atoms with van der Waals surface area (Å²) in [6, 6.07) is 9.50. The van der Waals surface area contributed by atoms with Crippen LogP contribution in [0.15, 0.2) is 30.3 Å². The van der Waals surface area contributed by atoms with E-state index in [1.807, 2.05) is 30.3 Å². The second-order valence-electron chi connectivity index (χ2n) is 3.56. The van der Waals surface area contributed by atoms with Crippen molar-refractivity contribution in [1.29, 1.82) is 0 Å². The van der Waals surface area contributed by atoms with Gasteiger partial charge in [-0.3, -0.25) is 4.79 Å². The number of benzene rings is 1. The summed E-state index contributed by atoms with van der Waals surface area (Å²) in [7, 11) is 0. The van der Waals surface area contributed by atoms with Crippen molar-refractivity contribution in [3.8, 4) is 0 Å². The summed E-state index contributed by atoms with van der Waals surface area (Å²) in [6.45, 7) is 0. The predicted octanol–water partition coefficient (Wildman–Crippen LogP) is 2.69. The summed E-state index contributed by atoms with van der Waals surface area (Å²) >= 11 is 0. The van der Waals surface area contributed by atoms with Gasteiger partial charge in [0.05, 0.1) is 5.92 Å². The highest BCUT2D eigenvalue weighted by Crippen LogP contribution is 2.42. The molecule has 2 nitrogen and oxygen atoms in total. The molecule has 0 bridgehead atoms. The van der Waals surface area contributed by atoms with Gasteiger partial charge in [-0.15, -0.1) is 12.4 Å². The first kappa shape index (κ1) is 11.1. The van der Waals surface area contributed by atoms with Crippen LogP contribution in [0.1, 0.15) is 24.3 Å². The molecule has 1 saturated carbocycles. The highest BCUT2D eigenvalue weighted by atomic mass is 35.5. The molecule has 14 heavy (non-hydrogen) atoms. The number of rotatable bonds is 3. The lowest BCUT2D eigenvalue weighted by Crippen LogP contribution is -2.13. The molecule has 0 spiro atoms. The van der Waals surface area contributed by atoms with Gasteiger partial charge in [-0.25, -0.2) is 0 Å². The summed E-state index contributed by atoms with van der Waals surface area (Å²) in [6.07, 6.45) is 2.12. The third-order valence-electron chi connectivity index (χ3n) is 2.52. The predicted molar refractivity (Wildman–Crippen MR) is 56.8 cm³/mol. The highest BCUT2D eigenvalue weighted by molar-refractivity contribution is 5.85. The van der Waals surface area contributed by atoms with Gasteiger partial charge in [0.2, 0.25) is 0 Å². The molecule has 1 N–H and O–H groups in total. The molecule has 0 aliphatic heterocycles. The van der Waals surface area contributed by atoms with Crippen molar-refractivity contribution >= 4 is 18.4 Å². The fraction of sp³-hybridized carbons (Fsp3) is 0.364. The molecule has 3 heteroatoms. The number of hydrogen-bond donors (Lipinski definition) is 1. The van der Waals surface area contributed by atoms with Crippen LogP contribution in [0.4, 0.5) is 0 Å². The number of carboxylic acids is 1. The van der Waals surface area contributed by atoms with Crippen LogP contribution in [0, 0.1) is 5.92 Å². The molecule has 1 atom stereocenters. The van der Waals surface area contributed by atoms with Gasteiger partial charge in [0.15, 0.2) is 0 Å². The first-order valence-corrected chi connectivity index (χ1v) is 4.57. The smallest absolute Gasteiger partial charge is 0.311 e. The fourth-order valence-electron chi connectivity index (χ4n) is 1.71. The standard InChI is InChI=1S/C11H12O2.ClH/c12-11(13)10(9-6-7-9)8-4-2-1-3-5-8;/h1-5,9-10H,6-7H2,(H,12,13);1H. The van der Waals surface area contributed by atoms with E-state index in [1.165, 1.54) is 0 Å². The lowest BCUT2D eigenvalue weighted by molar-refractivity contribution is -0.139. The third-order valence-corrected chi connectivity index (χ3v) is 2.52. The van der Waals surface area contributed by atoms with E-state index in [9.17, 15) is 4.79 Å². The third kappa shape index (κ3) is 2.26. The van der Waals surface area contributed by atoms with Crippen molar-refractivity contribution in [1.82, 2.24) is 0 Å². The van der Waals surface area contributed by atoms with Gasteiger partial charge in [0.1, 0.15) is 0 Å². The zero-order chi connectivity index (χ0) is 9.26. The first-order valence-electron chi connectivity index (χ1n) is 4.57. The van der Waals surface area contributed by atoms with E-state index in [4.69, 9.17) is 5.11 Å². The molecule has 1 aliphatic carbocycles. The van der Waals surface area contributed by atoms with Crippen LogP contribution in [0.2, 0.25) is 0 Å². The molecular formula is C11H13ClO2. The van der Waals surface area contributed by atoms with Crippen molar-refractivity contribution in [3.05, 3.63) is 35.9 Å². The molecule has 0 amide bonds. The van der Waals surface area contributed by atoms with Gasteiger partial charge in [-0.2, -0.15) is 0 Å². The molecule has 0 radical (unpaired) electrons. The van der Waals surface area contributed by atoms with Gasteiger partial charge in [0, 0.05) is 0 Å². The Morgan fingerprint density at radius 2 is 1.86 bits per heavy atom. The Morgan fingerprint density at radius 3 is 2.29 bits per heavy atom. The average Bonchev–Trinajstić information content (AvgIpc) is 2.90. The number of hydrogen-bond acceptors (Lipinski definition) is 1. The first-order chi connectivity index (χ1) is 6.29. The van der Waals surface area contributed by atoms with E-state index in [0.717, 1.165) is 18.4 Å². The van der Waals surface area contributed by atoms with Gasteiger partial charge in [-0.05, 0) is 24.3 Å². The van der Waals surface area contributed by atoms with E-state index in [2.05, 4.69) is 0 Å². The highest BCUT2D eigenvalue weighted by Gasteiger charge is 2.36. The quantitative estimate of drug-likeness (QED) is 0.837. The monoisotopic (exact) mass is 212 g/mol. The van der Waals surface area contributed by atoms with Crippen LogP contribution in [0.25, 0.3) is 0 Å². The van der Waals surface area contributed by atoms with Crippen LogP contribution in [0.5, 0.6) is 0 Å². The van der Waals surface area contributed by atoms with E-state index in [-0.39, 0.29) is 18.3 Å².